The molecule has 1 aromatic rings. The SMILES string of the molecule is CCn1ccc(C(=O)C2CCCC2)c1C(=O)O. The third-order valence-corrected chi connectivity index (χ3v) is 3.50. The van der Waals surface area contributed by atoms with Gasteiger partial charge in [0.05, 0.1) is 5.56 Å². The number of aromatic carboxylic acids is 1. The largest absolute Gasteiger partial charge is 0.477 e. The summed E-state index contributed by atoms with van der Waals surface area (Å²) in [6, 6.07) is 1.65. The van der Waals surface area contributed by atoms with Crippen LogP contribution in [0.2, 0.25) is 0 Å². The molecule has 0 spiro atoms. The van der Waals surface area contributed by atoms with Gasteiger partial charge in [0.1, 0.15) is 5.69 Å². The van der Waals surface area contributed by atoms with Gasteiger partial charge in [0.25, 0.3) is 0 Å². The first kappa shape index (κ1) is 11.9. The van der Waals surface area contributed by atoms with Crippen molar-refractivity contribution in [3.8, 4) is 0 Å². The summed E-state index contributed by atoms with van der Waals surface area (Å²) in [7, 11) is 0. The van der Waals surface area contributed by atoms with Crippen molar-refractivity contribution in [3.05, 3.63) is 23.5 Å². The number of aromatic nitrogens is 1. The molecule has 0 amide bonds. The summed E-state index contributed by atoms with van der Waals surface area (Å²) in [6.07, 6.45) is 5.64. The van der Waals surface area contributed by atoms with E-state index in [0.29, 0.717) is 12.1 Å². The number of Topliss-reactive ketones (excluding diaryl/α,β-unsaturated/α-hetero) is 1. The summed E-state index contributed by atoms with van der Waals surface area (Å²) in [5, 5.41) is 9.19. The Labute approximate surface area is 100 Å². The lowest BCUT2D eigenvalue weighted by Gasteiger charge is -2.08. The Kier molecular flexibility index (Phi) is 3.31. The third kappa shape index (κ3) is 2.12. The number of carboxylic acids is 1. The van der Waals surface area contributed by atoms with Crippen LogP contribution in [0.25, 0.3) is 0 Å². The zero-order valence-electron chi connectivity index (χ0n) is 9.98. The monoisotopic (exact) mass is 235 g/mol. The van der Waals surface area contributed by atoms with E-state index in [-0.39, 0.29) is 17.4 Å². The Morgan fingerprint density at radius 2 is 2.06 bits per heavy atom. The molecule has 2 rings (SSSR count). The van der Waals surface area contributed by atoms with E-state index in [2.05, 4.69) is 0 Å². The van der Waals surface area contributed by atoms with E-state index in [1.54, 1.807) is 16.8 Å². The summed E-state index contributed by atoms with van der Waals surface area (Å²) in [4.78, 5) is 23.4. The molecule has 4 heteroatoms. The van der Waals surface area contributed by atoms with Crippen LogP contribution in [0.4, 0.5) is 0 Å². The molecule has 4 nitrogen and oxygen atoms in total. The molecule has 0 unspecified atom stereocenters. The molecule has 1 saturated carbocycles. The summed E-state index contributed by atoms with van der Waals surface area (Å²) in [6.45, 7) is 2.44. The number of nitrogens with zero attached hydrogens (tertiary/aromatic N) is 1. The highest BCUT2D eigenvalue weighted by molar-refractivity contribution is 6.06. The summed E-state index contributed by atoms with van der Waals surface area (Å²) >= 11 is 0. The molecule has 1 heterocycles. The first-order valence-corrected chi connectivity index (χ1v) is 6.11. The summed E-state index contributed by atoms with van der Waals surface area (Å²) < 4.78 is 1.62. The lowest BCUT2D eigenvalue weighted by atomic mass is 9.96. The maximum Gasteiger partial charge on any atom is 0.353 e. The number of carboxylic acid groups (broad SMARTS) is 1. The van der Waals surface area contributed by atoms with Crippen LogP contribution in [-0.2, 0) is 6.54 Å². The molecule has 1 aliphatic carbocycles. The van der Waals surface area contributed by atoms with Crippen molar-refractivity contribution >= 4 is 11.8 Å². The normalized spacial score (nSPS) is 16.3. The fourth-order valence-corrected chi connectivity index (χ4v) is 2.58. The minimum Gasteiger partial charge on any atom is -0.477 e. The second-order valence-electron chi connectivity index (χ2n) is 4.51. The van der Waals surface area contributed by atoms with E-state index < -0.39 is 5.97 Å². The molecule has 1 N–H and O–H groups in total. The highest BCUT2D eigenvalue weighted by Gasteiger charge is 2.28. The van der Waals surface area contributed by atoms with Crippen molar-refractivity contribution in [2.24, 2.45) is 5.92 Å². The van der Waals surface area contributed by atoms with Gasteiger partial charge in [-0.2, -0.15) is 0 Å². The van der Waals surface area contributed by atoms with Crippen molar-refractivity contribution in [2.45, 2.75) is 39.2 Å². The number of carbonyl (C=O) groups excluding carboxylic acids is 1. The molecule has 1 fully saturated rings. The van der Waals surface area contributed by atoms with Crippen LogP contribution in [0.1, 0.15) is 53.5 Å². The molecule has 17 heavy (non-hydrogen) atoms. The van der Waals surface area contributed by atoms with Crippen molar-refractivity contribution in [2.75, 3.05) is 0 Å². The van der Waals surface area contributed by atoms with Gasteiger partial charge in [-0.3, -0.25) is 4.79 Å². The average molecular weight is 235 g/mol. The van der Waals surface area contributed by atoms with Crippen LogP contribution >= 0.6 is 0 Å². The van der Waals surface area contributed by atoms with E-state index in [0.717, 1.165) is 25.7 Å². The van der Waals surface area contributed by atoms with Gasteiger partial charge in [0, 0.05) is 18.7 Å². The van der Waals surface area contributed by atoms with Gasteiger partial charge in [-0.1, -0.05) is 12.8 Å². The molecule has 0 aromatic carbocycles. The van der Waals surface area contributed by atoms with Gasteiger partial charge in [0.2, 0.25) is 0 Å². The standard InChI is InChI=1S/C13H17NO3/c1-2-14-8-7-10(11(14)13(16)17)12(15)9-5-3-4-6-9/h7-9H,2-6H2,1H3,(H,16,17). The van der Waals surface area contributed by atoms with Crippen LogP contribution in [0.5, 0.6) is 0 Å². The predicted molar refractivity (Wildman–Crippen MR) is 63.4 cm³/mol. The molecule has 0 saturated heterocycles. The second kappa shape index (κ2) is 4.73. The van der Waals surface area contributed by atoms with Crippen molar-refractivity contribution in [3.63, 3.8) is 0 Å². The number of ketones is 1. The molecular weight excluding hydrogens is 218 g/mol. The minimum absolute atomic E-state index is 0.00657. The highest BCUT2D eigenvalue weighted by Crippen LogP contribution is 2.29. The van der Waals surface area contributed by atoms with Crippen molar-refractivity contribution in [1.29, 1.82) is 0 Å². The maximum absolute atomic E-state index is 12.2. The van der Waals surface area contributed by atoms with E-state index in [1.807, 2.05) is 6.92 Å². The van der Waals surface area contributed by atoms with E-state index in [1.165, 1.54) is 0 Å². The molecule has 0 aliphatic heterocycles. The predicted octanol–water partition coefficient (Wildman–Crippen LogP) is 2.58. The Bertz CT molecular complexity index is 442. The lowest BCUT2D eigenvalue weighted by Crippen LogP contribution is -2.16. The number of rotatable bonds is 4. The van der Waals surface area contributed by atoms with Crippen LogP contribution in [0.3, 0.4) is 0 Å². The summed E-state index contributed by atoms with van der Waals surface area (Å²) in [5.41, 5.74) is 0.524. The number of hydrogen-bond acceptors (Lipinski definition) is 2. The van der Waals surface area contributed by atoms with Gasteiger partial charge in [-0.05, 0) is 25.8 Å². The molecule has 0 radical (unpaired) electrons. The number of carbonyl (C=O) groups is 2. The van der Waals surface area contributed by atoms with Gasteiger partial charge >= 0.3 is 5.97 Å². The van der Waals surface area contributed by atoms with E-state index in [9.17, 15) is 14.7 Å². The maximum atomic E-state index is 12.2. The number of hydrogen-bond donors (Lipinski definition) is 1. The molecular formula is C13H17NO3. The third-order valence-electron chi connectivity index (χ3n) is 3.50. The van der Waals surface area contributed by atoms with Crippen LogP contribution < -0.4 is 0 Å². The molecule has 0 bridgehead atoms. The zero-order chi connectivity index (χ0) is 12.4. The highest BCUT2D eigenvalue weighted by atomic mass is 16.4. The van der Waals surface area contributed by atoms with Crippen molar-refractivity contribution in [1.82, 2.24) is 4.57 Å². The lowest BCUT2D eigenvalue weighted by molar-refractivity contribution is 0.0678. The van der Waals surface area contributed by atoms with Gasteiger partial charge in [-0.15, -0.1) is 0 Å². The fourth-order valence-electron chi connectivity index (χ4n) is 2.58. The van der Waals surface area contributed by atoms with Crippen LogP contribution in [-0.4, -0.2) is 21.4 Å². The molecule has 1 aromatic heterocycles. The minimum atomic E-state index is -1.02. The zero-order valence-corrected chi connectivity index (χ0v) is 9.98. The quantitative estimate of drug-likeness (QED) is 0.816. The van der Waals surface area contributed by atoms with Gasteiger partial charge in [0.15, 0.2) is 5.78 Å². The van der Waals surface area contributed by atoms with Gasteiger partial charge < -0.3 is 9.67 Å². The Balaban J connectivity index is 2.34. The van der Waals surface area contributed by atoms with Crippen LogP contribution in [0, 0.1) is 5.92 Å². The van der Waals surface area contributed by atoms with E-state index in [4.69, 9.17) is 0 Å². The molecule has 92 valence electrons. The van der Waals surface area contributed by atoms with Gasteiger partial charge in [-0.25, -0.2) is 4.79 Å². The number of aryl methyl sites for hydroxylation is 1. The van der Waals surface area contributed by atoms with Crippen LogP contribution in [0.15, 0.2) is 12.3 Å². The van der Waals surface area contributed by atoms with E-state index >= 15 is 0 Å². The first-order valence-electron chi connectivity index (χ1n) is 6.11. The average Bonchev–Trinajstić information content (AvgIpc) is 2.96. The van der Waals surface area contributed by atoms with Crippen molar-refractivity contribution < 1.29 is 14.7 Å². The Hall–Kier alpha value is -1.58. The topological polar surface area (TPSA) is 59.3 Å². The first-order chi connectivity index (χ1) is 8.15. The smallest absolute Gasteiger partial charge is 0.353 e. The fraction of sp³-hybridized carbons (Fsp3) is 0.538. The molecule has 1 aliphatic rings. The molecule has 0 atom stereocenters. The summed E-state index contributed by atoms with van der Waals surface area (Å²) in [5.74, 6) is -0.980. The Morgan fingerprint density at radius 1 is 1.41 bits per heavy atom. The second-order valence-corrected chi connectivity index (χ2v) is 4.51. The Morgan fingerprint density at radius 3 is 2.59 bits per heavy atom.